The predicted molar refractivity (Wildman–Crippen MR) is 120 cm³/mol. The molecule has 0 fully saturated rings. The van der Waals surface area contributed by atoms with Crippen molar-refractivity contribution in [3.05, 3.63) is 78.4 Å². The molecule has 0 spiro atoms. The van der Waals surface area contributed by atoms with Crippen LogP contribution in [0, 0.1) is 0 Å². The number of hydrogen-bond donors (Lipinski definition) is 1. The van der Waals surface area contributed by atoms with Gasteiger partial charge in [0.15, 0.2) is 12.4 Å². The van der Waals surface area contributed by atoms with Crippen LogP contribution in [0.15, 0.2) is 72.8 Å². The summed E-state index contributed by atoms with van der Waals surface area (Å²) in [6.45, 7) is 1.54. The number of nitrogens with zero attached hydrogens (tertiary/aromatic N) is 1. The summed E-state index contributed by atoms with van der Waals surface area (Å²) in [4.78, 5) is 38.0. The molecule has 3 aromatic rings. The van der Waals surface area contributed by atoms with Gasteiger partial charge in [0.25, 0.3) is 5.91 Å². The smallest absolute Gasteiger partial charge is 0.265 e. The molecule has 1 heterocycles. The topological polar surface area (TPSA) is 84.9 Å². The van der Waals surface area contributed by atoms with E-state index < -0.39 is 0 Å². The Kier molecular flexibility index (Phi) is 6.17. The molecule has 4 rings (SSSR count). The number of fused-ring (bicyclic) bond motifs is 1. The zero-order chi connectivity index (χ0) is 22.5. The van der Waals surface area contributed by atoms with E-state index >= 15 is 0 Å². The molecule has 1 aliphatic rings. The molecule has 0 aromatic heterocycles. The van der Waals surface area contributed by atoms with E-state index in [1.54, 1.807) is 42.5 Å². The van der Waals surface area contributed by atoms with Crippen LogP contribution in [0.25, 0.3) is 0 Å². The van der Waals surface area contributed by atoms with Crippen LogP contribution in [-0.2, 0) is 9.59 Å². The third kappa shape index (κ3) is 4.95. The van der Waals surface area contributed by atoms with Gasteiger partial charge in [0.2, 0.25) is 5.91 Å². The monoisotopic (exact) mass is 430 g/mol. The number of hydrogen-bond acceptors (Lipinski definition) is 5. The molecule has 32 heavy (non-hydrogen) atoms. The van der Waals surface area contributed by atoms with Gasteiger partial charge in [-0.1, -0.05) is 18.2 Å². The van der Waals surface area contributed by atoms with Crippen LogP contribution in [0.4, 0.5) is 11.4 Å². The maximum absolute atomic E-state index is 12.5. The Balaban J connectivity index is 1.36. The molecule has 7 heteroatoms. The number of rotatable bonds is 7. The molecule has 0 saturated heterocycles. The van der Waals surface area contributed by atoms with Crippen LogP contribution < -0.4 is 19.7 Å². The van der Waals surface area contributed by atoms with Crippen molar-refractivity contribution in [3.63, 3.8) is 0 Å². The highest BCUT2D eigenvalue weighted by Crippen LogP contribution is 2.33. The van der Waals surface area contributed by atoms with Gasteiger partial charge in [0.05, 0.1) is 5.69 Å². The summed E-state index contributed by atoms with van der Waals surface area (Å²) in [5.41, 5.74) is 1.61. The van der Waals surface area contributed by atoms with Crippen molar-refractivity contribution in [2.75, 3.05) is 23.4 Å². The highest BCUT2D eigenvalue weighted by Gasteiger charge is 2.26. The van der Waals surface area contributed by atoms with Crippen molar-refractivity contribution in [2.45, 2.75) is 13.3 Å². The van der Waals surface area contributed by atoms with E-state index in [1.165, 1.54) is 11.8 Å². The number of ether oxygens (including phenoxy) is 2. The lowest BCUT2D eigenvalue weighted by molar-refractivity contribution is -0.121. The average Bonchev–Trinajstić information content (AvgIpc) is 2.80. The second-order valence-corrected chi connectivity index (χ2v) is 7.31. The normalized spacial score (nSPS) is 12.5. The van der Waals surface area contributed by atoms with Crippen LogP contribution >= 0.6 is 0 Å². The first-order valence-electron chi connectivity index (χ1n) is 10.2. The molecule has 7 nitrogen and oxygen atoms in total. The Morgan fingerprint density at radius 1 is 1.00 bits per heavy atom. The van der Waals surface area contributed by atoms with Crippen LogP contribution in [0.5, 0.6) is 17.2 Å². The van der Waals surface area contributed by atoms with Gasteiger partial charge >= 0.3 is 0 Å². The number of amides is 2. The highest BCUT2D eigenvalue weighted by molar-refractivity contribution is 6.02. The zero-order valence-corrected chi connectivity index (χ0v) is 17.5. The molecule has 1 aliphatic heterocycles. The summed E-state index contributed by atoms with van der Waals surface area (Å²) in [7, 11) is 0. The molecule has 0 radical (unpaired) electrons. The van der Waals surface area contributed by atoms with E-state index in [1.807, 2.05) is 30.3 Å². The third-order valence-corrected chi connectivity index (χ3v) is 4.99. The van der Waals surface area contributed by atoms with E-state index in [0.29, 0.717) is 28.4 Å². The Labute approximate surface area is 185 Å². The fourth-order valence-electron chi connectivity index (χ4n) is 3.33. The number of para-hydroxylation sites is 1. The predicted octanol–water partition coefficient (Wildman–Crippen LogP) is 4.44. The minimum Gasteiger partial charge on any atom is -0.482 e. The van der Waals surface area contributed by atoms with Crippen LogP contribution in [-0.4, -0.2) is 30.7 Å². The van der Waals surface area contributed by atoms with E-state index in [4.69, 9.17) is 9.47 Å². The minimum absolute atomic E-state index is 0.0950. The first kappa shape index (κ1) is 21.1. The van der Waals surface area contributed by atoms with E-state index in [2.05, 4.69) is 5.32 Å². The number of ketones is 1. The minimum atomic E-state index is -0.256. The lowest BCUT2D eigenvalue weighted by Crippen LogP contribution is -2.40. The fourth-order valence-corrected chi connectivity index (χ4v) is 3.33. The second kappa shape index (κ2) is 9.34. The summed E-state index contributed by atoms with van der Waals surface area (Å²) >= 11 is 0. The Hall–Kier alpha value is -4.13. The summed E-state index contributed by atoms with van der Waals surface area (Å²) in [5, 5.41) is 2.82. The van der Waals surface area contributed by atoms with Gasteiger partial charge in [-0.3, -0.25) is 14.4 Å². The molecular formula is C25H22N2O5. The fraction of sp³-hybridized carbons (Fsp3) is 0.160. The second-order valence-electron chi connectivity index (χ2n) is 7.31. The molecule has 0 aliphatic carbocycles. The van der Waals surface area contributed by atoms with Crippen molar-refractivity contribution < 1.29 is 23.9 Å². The van der Waals surface area contributed by atoms with Crippen LogP contribution in [0.3, 0.4) is 0 Å². The van der Waals surface area contributed by atoms with Gasteiger partial charge < -0.3 is 19.7 Å². The molecule has 0 saturated carbocycles. The molecule has 2 amide bonds. The van der Waals surface area contributed by atoms with Crippen molar-refractivity contribution in [3.8, 4) is 17.2 Å². The molecule has 0 unspecified atom stereocenters. The Morgan fingerprint density at radius 2 is 1.72 bits per heavy atom. The van der Waals surface area contributed by atoms with E-state index in [9.17, 15) is 14.4 Å². The van der Waals surface area contributed by atoms with E-state index in [0.717, 1.165) is 5.75 Å². The Morgan fingerprint density at radius 3 is 2.44 bits per heavy atom. The molecule has 0 atom stereocenters. The SMILES string of the molecule is CC(=O)c1ccc2c(c1)N(CCC(=O)Nc1ccc(Oc3ccccc3)cc1)C(=O)CO2. The van der Waals surface area contributed by atoms with Gasteiger partial charge in [-0.2, -0.15) is 0 Å². The van der Waals surface area contributed by atoms with Crippen molar-refractivity contribution in [2.24, 2.45) is 0 Å². The Bertz CT molecular complexity index is 1140. The third-order valence-electron chi connectivity index (χ3n) is 4.99. The summed E-state index contributed by atoms with van der Waals surface area (Å²) < 4.78 is 11.2. The molecule has 0 bridgehead atoms. The zero-order valence-electron chi connectivity index (χ0n) is 17.5. The maximum atomic E-state index is 12.5. The first-order valence-corrected chi connectivity index (χ1v) is 10.2. The lowest BCUT2D eigenvalue weighted by atomic mass is 10.1. The van der Waals surface area contributed by atoms with E-state index in [-0.39, 0.29) is 37.2 Å². The van der Waals surface area contributed by atoms with Crippen LogP contribution in [0.1, 0.15) is 23.7 Å². The van der Waals surface area contributed by atoms with Gasteiger partial charge in [-0.25, -0.2) is 0 Å². The summed E-state index contributed by atoms with van der Waals surface area (Å²) in [6.07, 6.45) is 0.0950. The van der Waals surface area contributed by atoms with Crippen LogP contribution in [0.2, 0.25) is 0 Å². The van der Waals surface area contributed by atoms with Crippen molar-refractivity contribution >= 4 is 29.0 Å². The molecule has 3 aromatic carbocycles. The molecular weight excluding hydrogens is 408 g/mol. The number of carbonyl (C=O) groups is 3. The molecule has 162 valence electrons. The quantitative estimate of drug-likeness (QED) is 0.561. The van der Waals surface area contributed by atoms with Gasteiger partial charge in [0, 0.05) is 24.2 Å². The highest BCUT2D eigenvalue weighted by atomic mass is 16.5. The summed E-state index contributed by atoms with van der Waals surface area (Å²) in [6, 6.07) is 21.4. The van der Waals surface area contributed by atoms with Crippen molar-refractivity contribution in [1.29, 1.82) is 0 Å². The van der Waals surface area contributed by atoms with Gasteiger partial charge in [-0.15, -0.1) is 0 Å². The number of benzene rings is 3. The summed E-state index contributed by atoms with van der Waals surface area (Å²) in [5.74, 6) is 1.31. The standard InChI is InChI=1S/C25H22N2O5/c1-17(28)18-7-12-23-22(15-18)27(25(30)16-31-23)14-13-24(29)26-19-8-10-21(11-9-19)32-20-5-3-2-4-6-20/h2-12,15H,13-14,16H2,1H3,(H,26,29). The maximum Gasteiger partial charge on any atom is 0.265 e. The number of carbonyl (C=O) groups excluding carboxylic acids is 3. The van der Waals surface area contributed by atoms with Gasteiger partial charge in [-0.05, 0) is 61.5 Å². The van der Waals surface area contributed by atoms with Crippen molar-refractivity contribution in [1.82, 2.24) is 0 Å². The first-order chi connectivity index (χ1) is 15.5. The largest absolute Gasteiger partial charge is 0.482 e. The number of Topliss-reactive ketones (excluding diaryl/α,β-unsaturated/α-hetero) is 1. The number of anilines is 2. The lowest BCUT2D eigenvalue weighted by Gasteiger charge is -2.29. The average molecular weight is 430 g/mol. The number of nitrogens with one attached hydrogen (secondary N) is 1. The molecule has 1 N–H and O–H groups in total. The van der Waals surface area contributed by atoms with Gasteiger partial charge in [0.1, 0.15) is 17.2 Å².